The summed E-state index contributed by atoms with van der Waals surface area (Å²) < 4.78 is 6.17. The molecule has 3 heteroatoms. The average molecular weight is 252 g/mol. The van der Waals surface area contributed by atoms with E-state index in [9.17, 15) is 0 Å². The highest BCUT2D eigenvalue weighted by Gasteiger charge is 2.69. The monoisotopic (exact) mass is 251 g/mol. The van der Waals surface area contributed by atoms with E-state index in [1.54, 1.807) is 0 Å². The molecule has 0 aromatic carbocycles. The van der Waals surface area contributed by atoms with Gasteiger partial charge in [0.25, 0.3) is 0 Å². The van der Waals surface area contributed by atoms with Crippen LogP contribution >= 0.6 is 11.6 Å². The van der Waals surface area contributed by atoms with Crippen molar-refractivity contribution in [3.8, 4) is 6.07 Å². The van der Waals surface area contributed by atoms with Gasteiger partial charge in [0.2, 0.25) is 0 Å². The minimum atomic E-state index is -0.519. The van der Waals surface area contributed by atoms with E-state index in [1.165, 1.54) is 19.3 Å². The molecule has 4 aliphatic carbocycles. The lowest BCUT2D eigenvalue weighted by Crippen LogP contribution is -2.72. The molecule has 0 radical (unpaired) electrons. The second-order valence-electron chi connectivity index (χ2n) is 7.07. The van der Waals surface area contributed by atoms with Gasteiger partial charge in [-0.2, -0.15) is 5.26 Å². The fourth-order valence-electron chi connectivity index (χ4n) is 5.42. The van der Waals surface area contributed by atoms with Crippen molar-refractivity contribution in [2.24, 2.45) is 17.8 Å². The van der Waals surface area contributed by atoms with E-state index in [2.05, 4.69) is 6.07 Å². The van der Waals surface area contributed by atoms with Crippen LogP contribution in [0, 0.1) is 29.1 Å². The third-order valence-corrected chi connectivity index (χ3v) is 6.23. The Kier molecular flexibility index (Phi) is 1.77. The van der Waals surface area contributed by atoms with Crippen LogP contribution in [0.1, 0.15) is 45.4 Å². The van der Waals surface area contributed by atoms with Crippen molar-refractivity contribution in [3.05, 3.63) is 0 Å². The summed E-state index contributed by atoms with van der Waals surface area (Å²) >= 11 is 6.72. The molecule has 0 aromatic heterocycles. The highest BCUT2D eigenvalue weighted by Crippen LogP contribution is 2.68. The summed E-state index contributed by atoms with van der Waals surface area (Å²) in [6, 6.07) is 2.32. The van der Waals surface area contributed by atoms with Gasteiger partial charge in [0.1, 0.15) is 0 Å². The zero-order valence-electron chi connectivity index (χ0n) is 10.2. The first-order chi connectivity index (χ1) is 7.97. The number of halogens is 1. The van der Waals surface area contributed by atoms with Crippen LogP contribution < -0.4 is 0 Å². The number of hydrogen-bond acceptors (Lipinski definition) is 2. The Labute approximate surface area is 107 Å². The molecule has 92 valence electrons. The normalized spacial score (nSPS) is 63.5. The molecule has 2 nitrogen and oxygen atoms in total. The van der Waals surface area contributed by atoms with Crippen molar-refractivity contribution < 1.29 is 4.74 Å². The molecular formula is C14H18ClNO. The van der Waals surface area contributed by atoms with E-state index in [1.807, 2.05) is 6.92 Å². The fraction of sp³-hybridized carbons (Fsp3) is 0.929. The van der Waals surface area contributed by atoms with Crippen molar-refractivity contribution in [3.63, 3.8) is 0 Å². The van der Waals surface area contributed by atoms with Crippen molar-refractivity contribution in [2.75, 3.05) is 0 Å². The Morgan fingerprint density at radius 1 is 1.24 bits per heavy atom. The lowest BCUT2D eigenvalue weighted by Gasteiger charge is -2.69. The van der Waals surface area contributed by atoms with Crippen molar-refractivity contribution in [1.82, 2.24) is 0 Å². The Bertz CT molecular complexity index is 402. The first kappa shape index (κ1) is 10.6. The number of rotatable bonds is 0. The summed E-state index contributed by atoms with van der Waals surface area (Å²) in [5, 5.41) is 9.13. The number of alkyl halides is 1. The number of ether oxygens (including phenoxy) is 1. The van der Waals surface area contributed by atoms with E-state index < -0.39 is 5.60 Å². The Morgan fingerprint density at radius 2 is 1.82 bits per heavy atom. The van der Waals surface area contributed by atoms with Gasteiger partial charge in [0, 0.05) is 11.3 Å². The molecule has 4 bridgehead atoms. The van der Waals surface area contributed by atoms with Gasteiger partial charge < -0.3 is 4.74 Å². The quantitative estimate of drug-likeness (QED) is 0.619. The molecule has 1 saturated heterocycles. The van der Waals surface area contributed by atoms with E-state index in [0.717, 1.165) is 25.2 Å². The van der Waals surface area contributed by atoms with Gasteiger partial charge >= 0.3 is 0 Å². The minimum absolute atomic E-state index is 0.0276. The largest absolute Gasteiger partial charge is 0.353 e. The van der Waals surface area contributed by atoms with Gasteiger partial charge in [-0.25, -0.2) is 0 Å². The van der Waals surface area contributed by atoms with Crippen LogP contribution in [0.5, 0.6) is 0 Å². The molecule has 4 unspecified atom stereocenters. The predicted molar refractivity (Wildman–Crippen MR) is 64.6 cm³/mol. The third kappa shape index (κ3) is 1.20. The molecule has 5 aliphatic rings. The highest BCUT2D eigenvalue weighted by atomic mass is 35.5. The SMILES string of the molecule is CC1(C#N)CC2(O1)[C@@H]1CC3C[C@H]2CC(Cl)(C3)C1. The lowest BCUT2D eigenvalue weighted by atomic mass is 9.46. The number of nitriles is 1. The van der Waals surface area contributed by atoms with Crippen LogP contribution in [0.25, 0.3) is 0 Å². The molecule has 4 saturated carbocycles. The van der Waals surface area contributed by atoms with E-state index >= 15 is 0 Å². The molecule has 1 aliphatic heterocycles. The molecule has 6 atom stereocenters. The Morgan fingerprint density at radius 3 is 2.29 bits per heavy atom. The van der Waals surface area contributed by atoms with Crippen LogP contribution in [0.15, 0.2) is 0 Å². The van der Waals surface area contributed by atoms with E-state index in [0.29, 0.717) is 11.8 Å². The maximum Gasteiger partial charge on any atom is 0.155 e. The maximum absolute atomic E-state index is 9.13. The zero-order valence-corrected chi connectivity index (χ0v) is 11.0. The number of hydrogen-bond donors (Lipinski definition) is 0. The Balaban J connectivity index is 1.67. The van der Waals surface area contributed by atoms with Crippen molar-refractivity contribution in [1.29, 1.82) is 5.26 Å². The number of nitrogens with zero attached hydrogens (tertiary/aromatic N) is 1. The molecule has 5 fully saturated rings. The van der Waals surface area contributed by atoms with Gasteiger partial charge in [-0.15, -0.1) is 11.6 Å². The summed E-state index contributed by atoms with van der Waals surface area (Å²) in [4.78, 5) is 0.0732. The van der Waals surface area contributed by atoms with Crippen LogP contribution in [0.2, 0.25) is 0 Å². The molecule has 5 rings (SSSR count). The van der Waals surface area contributed by atoms with Crippen molar-refractivity contribution >= 4 is 11.6 Å². The predicted octanol–water partition coefficient (Wildman–Crippen LogP) is 3.25. The lowest BCUT2D eigenvalue weighted by molar-refractivity contribution is -0.323. The van der Waals surface area contributed by atoms with Crippen LogP contribution in [0.4, 0.5) is 0 Å². The van der Waals surface area contributed by atoms with Crippen LogP contribution in [-0.4, -0.2) is 16.1 Å². The molecule has 0 aromatic rings. The van der Waals surface area contributed by atoms with Crippen molar-refractivity contribution in [2.45, 2.75) is 61.5 Å². The summed E-state index contributed by atoms with van der Waals surface area (Å²) in [5.74, 6) is 2.06. The van der Waals surface area contributed by atoms with Gasteiger partial charge in [0.05, 0.1) is 11.7 Å². The summed E-state index contributed by atoms with van der Waals surface area (Å²) in [5.41, 5.74) is -0.491. The molecule has 1 spiro atoms. The standard InChI is InChI=1S/C14H18ClNO/c1-12(8-16)7-14(17-12)10-2-9-3-11(14)6-13(15,4-9)5-10/h9-11H,2-7H2,1H3/t9?,10-,11+,12?,13?,14?. The van der Waals surface area contributed by atoms with Gasteiger partial charge in [-0.1, -0.05) is 0 Å². The molecular weight excluding hydrogens is 234 g/mol. The molecule has 1 heterocycles. The van der Waals surface area contributed by atoms with E-state index in [-0.39, 0.29) is 10.5 Å². The zero-order chi connectivity index (χ0) is 11.9. The maximum atomic E-state index is 9.13. The topological polar surface area (TPSA) is 33.0 Å². The summed E-state index contributed by atoms with van der Waals surface area (Å²) in [7, 11) is 0. The highest BCUT2D eigenvalue weighted by molar-refractivity contribution is 6.24. The average Bonchev–Trinajstić information content (AvgIpc) is 2.20. The second kappa shape index (κ2) is 2.83. The van der Waals surface area contributed by atoms with Gasteiger partial charge in [-0.05, 0) is 56.8 Å². The first-order valence-electron chi connectivity index (χ1n) is 6.77. The first-order valence-corrected chi connectivity index (χ1v) is 7.15. The Hall–Kier alpha value is -0.260. The third-order valence-electron chi connectivity index (χ3n) is 5.76. The van der Waals surface area contributed by atoms with Gasteiger partial charge in [0.15, 0.2) is 5.60 Å². The molecule has 17 heavy (non-hydrogen) atoms. The van der Waals surface area contributed by atoms with Crippen LogP contribution in [-0.2, 0) is 4.74 Å². The molecule has 0 amide bonds. The summed E-state index contributed by atoms with van der Waals surface area (Å²) in [6.07, 6.45) is 6.95. The summed E-state index contributed by atoms with van der Waals surface area (Å²) in [6.45, 7) is 1.93. The minimum Gasteiger partial charge on any atom is -0.353 e. The van der Waals surface area contributed by atoms with Crippen LogP contribution in [0.3, 0.4) is 0 Å². The van der Waals surface area contributed by atoms with E-state index in [4.69, 9.17) is 21.6 Å². The fourth-order valence-corrected chi connectivity index (χ4v) is 6.01. The smallest absolute Gasteiger partial charge is 0.155 e. The van der Waals surface area contributed by atoms with Gasteiger partial charge in [-0.3, -0.25) is 0 Å². The molecule has 0 N–H and O–H groups in total. The second-order valence-corrected chi connectivity index (χ2v) is 7.87.